The third-order valence-electron chi connectivity index (χ3n) is 7.51. The van der Waals surface area contributed by atoms with Crippen molar-refractivity contribution in [3.63, 3.8) is 0 Å². The third kappa shape index (κ3) is 7.06. The molecule has 2 aromatic heterocycles. The van der Waals surface area contributed by atoms with Crippen LogP contribution in [0.1, 0.15) is 75.6 Å². The summed E-state index contributed by atoms with van der Waals surface area (Å²) in [6, 6.07) is 4.01. The van der Waals surface area contributed by atoms with Gasteiger partial charge in [-0.2, -0.15) is 0 Å². The molecule has 0 bridgehead atoms. The number of nitrogens with zero attached hydrogens (tertiary/aromatic N) is 4. The average Bonchev–Trinajstić information content (AvgIpc) is 3.31. The second-order valence-electron chi connectivity index (χ2n) is 10.2. The van der Waals surface area contributed by atoms with Crippen LogP contribution in [0.4, 0.5) is 0 Å². The molecule has 0 aromatic carbocycles. The van der Waals surface area contributed by atoms with E-state index in [1.165, 1.54) is 49.2 Å². The Bertz CT molecular complexity index is 822. The van der Waals surface area contributed by atoms with Gasteiger partial charge in [0.2, 0.25) is 0 Å². The number of aryl methyl sites for hydroxylation is 4. The van der Waals surface area contributed by atoms with E-state index in [0.717, 1.165) is 49.9 Å². The van der Waals surface area contributed by atoms with Crippen LogP contribution in [0.15, 0.2) is 12.1 Å². The summed E-state index contributed by atoms with van der Waals surface area (Å²) in [6.07, 6.45) is 13.7. The zero-order valence-electron chi connectivity index (χ0n) is 20.4. The first-order valence-corrected chi connectivity index (χ1v) is 17.5. The van der Waals surface area contributed by atoms with Crippen molar-refractivity contribution in [1.82, 2.24) is 19.6 Å². The van der Waals surface area contributed by atoms with Crippen molar-refractivity contribution in [2.45, 2.75) is 102 Å². The van der Waals surface area contributed by atoms with Crippen molar-refractivity contribution in [3.05, 3.63) is 33.8 Å². The van der Waals surface area contributed by atoms with Crippen LogP contribution in [0.2, 0.25) is 29.6 Å². The maximum absolute atomic E-state index is 11.5. The number of aliphatic hydroxyl groups excluding tert-OH is 1. The van der Waals surface area contributed by atoms with E-state index < -0.39 is 0 Å². The van der Waals surface area contributed by atoms with Gasteiger partial charge in [-0.15, -0.1) is 0 Å². The van der Waals surface area contributed by atoms with E-state index in [2.05, 4.69) is 10.2 Å². The zero-order valence-corrected chi connectivity index (χ0v) is 25.4. The number of halogens is 2. The van der Waals surface area contributed by atoms with Gasteiger partial charge in [-0.3, -0.25) is 0 Å². The molecular formula is C25H38Cl2N4OSe2. The van der Waals surface area contributed by atoms with Crippen LogP contribution in [0.5, 0.6) is 0 Å². The minimum atomic E-state index is -0.209. The minimum absolute atomic E-state index is 0.209. The molecule has 5 nitrogen and oxygen atoms in total. The molecule has 1 N–H and O–H groups in total. The molecular weight excluding hydrogens is 601 g/mol. The Kier molecular flexibility index (Phi) is 9.57. The predicted molar refractivity (Wildman–Crippen MR) is 143 cm³/mol. The van der Waals surface area contributed by atoms with Gasteiger partial charge in [0, 0.05) is 0 Å². The van der Waals surface area contributed by atoms with E-state index in [0.29, 0.717) is 48.8 Å². The van der Waals surface area contributed by atoms with Crippen LogP contribution >= 0.6 is 23.2 Å². The molecule has 4 heterocycles. The molecule has 34 heavy (non-hydrogen) atoms. The van der Waals surface area contributed by atoms with Crippen LogP contribution in [0.3, 0.4) is 0 Å². The maximum atomic E-state index is 11.5. The molecule has 0 spiro atoms. The van der Waals surface area contributed by atoms with E-state index in [4.69, 9.17) is 23.2 Å². The standard InChI is InChI=1S/C25H38Cl2N4OSe2/c1-30-22(26)15-19(28-30)7-11-24(9-3-5-13-33-24)17-21(32)18-25(10-4-6-14-34-25)12-8-20-16-23(27)31(2)29-20/h15-16,21,32H,3-14,17-18H2,1-2H3. The summed E-state index contributed by atoms with van der Waals surface area (Å²) >= 11 is 13.6. The number of hydrogen-bond acceptors (Lipinski definition) is 3. The van der Waals surface area contributed by atoms with Crippen LogP contribution in [-0.2, 0) is 26.9 Å². The van der Waals surface area contributed by atoms with Gasteiger partial charge >= 0.3 is 228 Å². The van der Waals surface area contributed by atoms with Crippen molar-refractivity contribution < 1.29 is 5.11 Å². The molecule has 2 saturated heterocycles. The molecule has 2 aliphatic rings. The molecule has 4 rings (SSSR count). The summed E-state index contributed by atoms with van der Waals surface area (Å²) in [5, 5.41) is 24.8. The second-order valence-corrected chi connectivity index (χ2v) is 17.5. The van der Waals surface area contributed by atoms with Gasteiger partial charge < -0.3 is 0 Å². The normalized spacial score (nSPS) is 26.6. The van der Waals surface area contributed by atoms with Gasteiger partial charge in [0.15, 0.2) is 0 Å². The Hall–Kier alpha value is -0.00104. The van der Waals surface area contributed by atoms with E-state index >= 15 is 0 Å². The Morgan fingerprint density at radius 1 is 0.853 bits per heavy atom. The van der Waals surface area contributed by atoms with E-state index in [9.17, 15) is 5.11 Å². The summed E-state index contributed by atoms with van der Waals surface area (Å²) in [6.45, 7) is 0. The van der Waals surface area contributed by atoms with Crippen LogP contribution in [0.25, 0.3) is 0 Å². The molecule has 0 saturated carbocycles. The van der Waals surface area contributed by atoms with E-state index in [1.54, 1.807) is 9.36 Å². The Labute approximate surface area is 227 Å². The number of hydrogen-bond donors (Lipinski definition) is 1. The summed E-state index contributed by atoms with van der Waals surface area (Å²) in [4.78, 5) is 0. The molecule has 0 amide bonds. The zero-order chi connectivity index (χ0) is 24.2. The van der Waals surface area contributed by atoms with Crippen molar-refractivity contribution in [3.8, 4) is 0 Å². The van der Waals surface area contributed by atoms with Crippen molar-refractivity contribution in [1.29, 1.82) is 0 Å². The van der Waals surface area contributed by atoms with Crippen LogP contribution < -0.4 is 0 Å². The molecule has 2 aliphatic heterocycles. The first-order valence-electron chi connectivity index (χ1n) is 12.6. The molecule has 2 fully saturated rings. The third-order valence-corrected chi connectivity index (χ3v) is 15.3. The molecule has 2 atom stereocenters. The summed E-state index contributed by atoms with van der Waals surface area (Å²) in [5.41, 5.74) is 2.17. The summed E-state index contributed by atoms with van der Waals surface area (Å²) in [5.74, 6) is 0. The monoisotopic (exact) mass is 640 g/mol. The molecule has 2 aromatic rings. The SMILES string of the molecule is Cn1nc(CCC2(CC(O)CC3(CCc4cc(Cl)n(C)n4)CCCC[Se]3)CCCC[Se]2)cc1Cl. The number of aromatic nitrogens is 4. The molecule has 9 heteroatoms. The molecule has 0 aliphatic carbocycles. The first-order chi connectivity index (χ1) is 16.3. The predicted octanol–water partition coefficient (Wildman–Crippen LogP) is 6.10. The Morgan fingerprint density at radius 3 is 1.62 bits per heavy atom. The van der Waals surface area contributed by atoms with Crippen LogP contribution in [-0.4, -0.2) is 60.7 Å². The van der Waals surface area contributed by atoms with Crippen molar-refractivity contribution in [2.75, 3.05) is 0 Å². The van der Waals surface area contributed by atoms with Crippen molar-refractivity contribution >= 4 is 53.1 Å². The number of aliphatic hydroxyl groups is 1. The van der Waals surface area contributed by atoms with Gasteiger partial charge in [-0.25, -0.2) is 0 Å². The fourth-order valence-electron chi connectivity index (χ4n) is 5.63. The topological polar surface area (TPSA) is 55.9 Å². The van der Waals surface area contributed by atoms with E-state index in [-0.39, 0.29) is 6.10 Å². The molecule has 190 valence electrons. The van der Waals surface area contributed by atoms with Gasteiger partial charge in [0.1, 0.15) is 0 Å². The van der Waals surface area contributed by atoms with Crippen LogP contribution in [0, 0.1) is 0 Å². The number of rotatable bonds is 10. The van der Waals surface area contributed by atoms with Crippen molar-refractivity contribution in [2.24, 2.45) is 14.1 Å². The average molecular weight is 639 g/mol. The quantitative estimate of drug-likeness (QED) is 0.320. The first kappa shape index (κ1) is 27.0. The molecule has 0 radical (unpaired) electrons. The summed E-state index contributed by atoms with van der Waals surface area (Å²) < 4.78 is 4.11. The fourth-order valence-corrected chi connectivity index (χ4v) is 12.8. The Balaban J connectivity index is 1.40. The van der Waals surface area contributed by atoms with Gasteiger partial charge in [-0.1, -0.05) is 0 Å². The van der Waals surface area contributed by atoms with Gasteiger partial charge in [-0.05, 0) is 0 Å². The summed E-state index contributed by atoms with van der Waals surface area (Å²) in [7, 11) is 3.81. The van der Waals surface area contributed by atoms with Gasteiger partial charge in [0.25, 0.3) is 0 Å². The Morgan fingerprint density at radius 2 is 1.29 bits per heavy atom. The molecule has 2 unspecified atom stereocenters. The van der Waals surface area contributed by atoms with Gasteiger partial charge in [0.05, 0.1) is 0 Å². The fraction of sp³-hybridized carbons (Fsp3) is 0.760. The second kappa shape index (κ2) is 12.0. The van der Waals surface area contributed by atoms with E-state index in [1.807, 2.05) is 26.2 Å².